The van der Waals surface area contributed by atoms with E-state index in [1.54, 1.807) is 17.5 Å². The van der Waals surface area contributed by atoms with Crippen LogP contribution >= 0.6 is 11.3 Å². The van der Waals surface area contributed by atoms with Gasteiger partial charge in [0.05, 0.1) is 18.0 Å². The van der Waals surface area contributed by atoms with Crippen LogP contribution in [0.5, 0.6) is 0 Å². The summed E-state index contributed by atoms with van der Waals surface area (Å²) in [5.41, 5.74) is 0. The van der Waals surface area contributed by atoms with Crippen LogP contribution in [0.4, 0.5) is 0 Å². The van der Waals surface area contributed by atoms with E-state index in [9.17, 15) is 4.79 Å². The lowest BCUT2D eigenvalue weighted by Crippen LogP contribution is -2.41. The van der Waals surface area contributed by atoms with Crippen molar-refractivity contribution in [3.05, 3.63) is 29.9 Å². The molecule has 1 unspecified atom stereocenters. The minimum atomic E-state index is -0.349. The molecule has 0 aliphatic rings. The summed E-state index contributed by atoms with van der Waals surface area (Å²) >= 11 is 1.64. The summed E-state index contributed by atoms with van der Waals surface area (Å²) in [6.45, 7) is 5.59. The van der Waals surface area contributed by atoms with Gasteiger partial charge in [0.2, 0.25) is 0 Å². The molecule has 6 heteroatoms. The fourth-order valence-electron chi connectivity index (χ4n) is 2.07. The van der Waals surface area contributed by atoms with Gasteiger partial charge in [0, 0.05) is 12.4 Å². The number of thiophene rings is 1. The van der Waals surface area contributed by atoms with Gasteiger partial charge in [-0.1, -0.05) is 13.0 Å². The number of imidazole rings is 1. The maximum Gasteiger partial charge on any atom is 0.324 e. The quantitative estimate of drug-likeness (QED) is 0.762. The Kier molecular flexibility index (Phi) is 5.95. The molecule has 0 saturated carbocycles. The second kappa shape index (κ2) is 7.95. The van der Waals surface area contributed by atoms with Crippen molar-refractivity contribution in [2.45, 2.75) is 32.9 Å². The van der Waals surface area contributed by atoms with Crippen molar-refractivity contribution in [3.63, 3.8) is 0 Å². The smallest absolute Gasteiger partial charge is 0.324 e. The molecule has 0 amide bonds. The first-order valence-electron chi connectivity index (χ1n) is 7.21. The first kappa shape index (κ1) is 15.7. The summed E-state index contributed by atoms with van der Waals surface area (Å²) in [7, 11) is 0. The molecule has 1 atom stereocenters. The normalized spacial score (nSPS) is 12.3. The van der Waals surface area contributed by atoms with Gasteiger partial charge in [-0.05, 0) is 31.3 Å². The van der Waals surface area contributed by atoms with Crippen LogP contribution < -0.4 is 5.32 Å². The lowest BCUT2D eigenvalue weighted by molar-refractivity contribution is -0.146. The molecule has 0 aliphatic carbocycles. The third-order valence-corrected chi connectivity index (χ3v) is 3.91. The summed E-state index contributed by atoms with van der Waals surface area (Å²) in [5.74, 6) is 0.675. The second-order valence-corrected chi connectivity index (χ2v) is 5.59. The molecule has 114 valence electrons. The fraction of sp³-hybridized carbons (Fsp3) is 0.467. The third kappa shape index (κ3) is 4.15. The Morgan fingerprint density at radius 1 is 1.52 bits per heavy atom. The van der Waals surface area contributed by atoms with Crippen LogP contribution in [0.2, 0.25) is 0 Å². The van der Waals surface area contributed by atoms with E-state index in [-0.39, 0.29) is 12.0 Å². The minimum Gasteiger partial charge on any atom is -0.465 e. The summed E-state index contributed by atoms with van der Waals surface area (Å²) in [6, 6.07) is 3.68. The summed E-state index contributed by atoms with van der Waals surface area (Å²) in [6.07, 6.45) is 4.63. The molecule has 0 bridgehead atoms. The molecule has 0 aromatic carbocycles. The van der Waals surface area contributed by atoms with Gasteiger partial charge in [0.15, 0.2) is 0 Å². The van der Waals surface area contributed by atoms with Crippen LogP contribution in [0.25, 0.3) is 10.7 Å². The van der Waals surface area contributed by atoms with Gasteiger partial charge >= 0.3 is 5.97 Å². The highest BCUT2D eigenvalue weighted by molar-refractivity contribution is 7.13. The minimum absolute atomic E-state index is 0.211. The van der Waals surface area contributed by atoms with E-state index in [2.05, 4.69) is 17.2 Å². The molecule has 2 aromatic rings. The van der Waals surface area contributed by atoms with E-state index < -0.39 is 0 Å². The fourth-order valence-corrected chi connectivity index (χ4v) is 2.80. The van der Waals surface area contributed by atoms with Gasteiger partial charge in [-0.2, -0.15) is 0 Å². The first-order valence-corrected chi connectivity index (χ1v) is 8.09. The molecule has 2 rings (SSSR count). The zero-order valence-corrected chi connectivity index (χ0v) is 13.2. The van der Waals surface area contributed by atoms with Crippen LogP contribution in [0.15, 0.2) is 29.9 Å². The largest absolute Gasteiger partial charge is 0.465 e. The number of carbonyl (C=O) groups excluding carboxylic acids is 1. The molecule has 2 heterocycles. The Hall–Kier alpha value is -1.66. The number of hydrogen-bond donors (Lipinski definition) is 1. The number of ether oxygens (including phenoxy) is 1. The number of nitrogens with zero attached hydrogens (tertiary/aromatic N) is 2. The van der Waals surface area contributed by atoms with E-state index in [1.165, 1.54) is 0 Å². The van der Waals surface area contributed by atoms with Crippen molar-refractivity contribution in [2.24, 2.45) is 0 Å². The van der Waals surface area contributed by atoms with Crippen molar-refractivity contribution in [3.8, 4) is 10.7 Å². The zero-order valence-electron chi connectivity index (χ0n) is 12.4. The van der Waals surface area contributed by atoms with Gasteiger partial charge < -0.3 is 14.6 Å². The molecule has 0 fully saturated rings. The number of carbonyl (C=O) groups is 1. The molecule has 0 aliphatic heterocycles. The molecular formula is C15H21N3O2S. The second-order valence-electron chi connectivity index (χ2n) is 4.64. The monoisotopic (exact) mass is 307 g/mol. The summed E-state index contributed by atoms with van der Waals surface area (Å²) < 4.78 is 7.14. The highest BCUT2D eigenvalue weighted by Crippen LogP contribution is 2.23. The van der Waals surface area contributed by atoms with Gasteiger partial charge in [0.1, 0.15) is 11.9 Å². The van der Waals surface area contributed by atoms with Gasteiger partial charge in [0.25, 0.3) is 0 Å². The molecule has 5 nitrogen and oxygen atoms in total. The lowest BCUT2D eigenvalue weighted by Gasteiger charge is -2.18. The molecule has 21 heavy (non-hydrogen) atoms. The van der Waals surface area contributed by atoms with Crippen LogP contribution in [0, 0.1) is 0 Å². The number of esters is 1. The first-order chi connectivity index (χ1) is 10.3. The maximum absolute atomic E-state index is 12.1. The van der Waals surface area contributed by atoms with E-state index in [0.717, 1.165) is 23.7 Å². The van der Waals surface area contributed by atoms with Crippen molar-refractivity contribution < 1.29 is 9.53 Å². The number of rotatable bonds is 8. The predicted molar refractivity (Wildman–Crippen MR) is 84.3 cm³/mol. The molecule has 0 spiro atoms. The summed E-state index contributed by atoms with van der Waals surface area (Å²) in [5, 5.41) is 5.27. The van der Waals surface area contributed by atoms with Crippen LogP contribution in [-0.4, -0.2) is 34.7 Å². The standard InChI is InChI=1S/C15H21N3O2S/c1-3-7-16-12(15(19)20-4-2)11-18-9-8-17-14(18)13-6-5-10-21-13/h5-6,8-10,12,16H,3-4,7,11H2,1-2H3. The number of aromatic nitrogens is 2. The van der Waals surface area contributed by atoms with Crippen molar-refractivity contribution in [2.75, 3.05) is 13.2 Å². The Bertz CT molecular complexity index is 551. The number of hydrogen-bond acceptors (Lipinski definition) is 5. The topological polar surface area (TPSA) is 56.2 Å². The Labute approximate surface area is 129 Å². The van der Waals surface area contributed by atoms with Crippen LogP contribution in [0.1, 0.15) is 20.3 Å². The highest BCUT2D eigenvalue weighted by atomic mass is 32.1. The lowest BCUT2D eigenvalue weighted by atomic mass is 10.2. The third-order valence-electron chi connectivity index (χ3n) is 3.05. The van der Waals surface area contributed by atoms with Crippen molar-refractivity contribution in [1.82, 2.24) is 14.9 Å². The van der Waals surface area contributed by atoms with Gasteiger partial charge in [-0.25, -0.2) is 4.98 Å². The predicted octanol–water partition coefficient (Wildman–Crippen LogP) is 2.54. The van der Waals surface area contributed by atoms with Crippen molar-refractivity contribution in [1.29, 1.82) is 0 Å². The molecule has 0 saturated heterocycles. The summed E-state index contributed by atoms with van der Waals surface area (Å²) in [4.78, 5) is 17.5. The van der Waals surface area contributed by atoms with E-state index in [0.29, 0.717) is 13.2 Å². The van der Waals surface area contributed by atoms with E-state index in [1.807, 2.05) is 35.2 Å². The molecule has 2 aromatic heterocycles. The molecule has 1 N–H and O–H groups in total. The zero-order chi connectivity index (χ0) is 15.1. The van der Waals surface area contributed by atoms with Gasteiger partial charge in [-0.3, -0.25) is 4.79 Å². The average molecular weight is 307 g/mol. The SMILES string of the molecule is CCCNC(Cn1ccnc1-c1cccs1)C(=O)OCC. The Balaban J connectivity index is 2.13. The van der Waals surface area contributed by atoms with Crippen LogP contribution in [-0.2, 0) is 16.1 Å². The van der Waals surface area contributed by atoms with Crippen molar-refractivity contribution >= 4 is 17.3 Å². The van der Waals surface area contributed by atoms with E-state index >= 15 is 0 Å². The Morgan fingerprint density at radius 2 is 2.38 bits per heavy atom. The molecular weight excluding hydrogens is 286 g/mol. The van der Waals surface area contributed by atoms with E-state index in [4.69, 9.17) is 4.74 Å². The Morgan fingerprint density at radius 3 is 3.05 bits per heavy atom. The van der Waals surface area contributed by atoms with Gasteiger partial charge in [-0.15, -0.1) is 11.3 Å². The highest BCUT2D eigenvalue weighted by Gasteiger charge is 2.21. The van der Waals surface area contributed by atoms with Crippen LogP contribution in [0.3, 0.4) is 0 Å². The number of nitrogens with one attached hydrogen (secondary N) is 1. The average Bonchev–Trinajstić information content (AvgIpc) is 3.14. The maximum atomic E-state index is 12.1. The molecule has 0 radical (unpaired) electrons.